The van der Waals surface area contributed by atoms with Gasteiger partial charge in [0, 0.05) is 4.47 Å². The summed E-state index contributed by atoms with van der Waals surface area (Å²) in [5.74, 6) is -0.443. The number of nitrogens with zero attached hydrogens (tertiary/aromatic N) is 2. The summed E-state index contributed by atoms with van der Waals surface area (Å²) in [4.78, 5) is 10.8. The Morgan fingerprint density at radius 2 is 1.83 bits per heavy atom. The summed E-state index contributed by atoms with van der Waals surface area (Å²) in [5, 5.41) is 17.1. The lowest BCUT2D eigenvalue weighted by atomic mass is 10.1. The van der Waals surface area contributed by atoms with Crippen LogP contribution in [0.3, 0.4) is 0 Å². The minimum Gasteiger partial charge on any atom is -0.478 e. The van der Waals surface area contributed by atoms with E-state index in [9.17, 15) is 4.79 Å². The fraction of sp³-hybridized carbons (Fsp3) is 0. The van der Waals surface area contributed by atoms with Crippen molar-refractivity contribution in [2.45, 2.75) is 0 Å². The number of aromatic carboxylic acids is 1. The third kappa shape index (κ3) is 3.55. The van der Waals surface area contributed by atoms with Gasteiger partial charge < -0.3 is 9.52 Å². The Kier molecular flexibility index (Phi) is 4.78. The van der Waals surface area contributed by atoms with Crippen LogP contribution in [0.15, 0.2) is 57.4 Å². The highest BCUT2D eigenvalue weighted by Crippen LogP contribution is 2.29. The second kappa shape index (κ2) is 6.98. The molecule has 0 atom stereocenters. The maximum Gasteiger partial charge on any atom is 0.335 e. The number of carboxylic acid groups (broad SMARTS) is 1. The molecule has 0 unspecified atom stereocenters. The normalized spacial score (nSPS) is 11.5. The molecule has 0 radical (unpaired) electrons. The van der Waals surface area contributed by atoms with Crippen molar-refractivity contribution < 1.29 is 14.3 Å². The van der Waals surface area contributed by atoms with Crippen molar-refractivity contribution in [3.8, 4) is 11.5 Å². The Labute approximate surface area is 150 Å². The topological polar surface area (TPSA) is 76.2 Å². The van der Waals surface area contributed by atoms with Crippen molar-refractivity contribution in [2.75, 3.05) is 0 Å². The number of aromatic nitrogens is 2. The predicted octanol–water partition coefficient (Wildman–Crippen LogP) is 4.93. The van der Waals surface area contributed by atoms with Crippen LogP contribution in [0.2, 0.25) is 0 Å². The Morgan fingerprint density at radius 1 is 1.12 bits per heavy atom. The van der Waals surface area contributed by atoms with E-state index in [1.165, 1.54) is 12.1 Å². The molecule has 0 amide bonds. The fourth-order valence-electron chi connectivity index (χ4n) is 1.99. The van der Waals surface area contributed by atoms with Crippen LogP contribution in [0.1, 0.15) is 21.8 Å². The van der Waals surface area contributed by atoms with Gasteiger partial charge in [0.1, 0.15) is 5.03 Å². The average molecular weight is 406 g/mol. The molecular weight excluding hydrogens is 396 g/mol. The van der Waals surface area contributed by atoms with Gasteiger partial charge in [0.15, 0.2) is 0 Å². The molecular formula is C17H10BrClN2O3. The first-order valence-corrected chi connectivity index (χ1v) is 8.01. The minimum absolute atomic E-state index is 0.185. The molecule has 0 spiro atoms. The van der Waals surface area contributed by atoms with E-state index in [0.717, 1.165) is 15.6 Å². The van der Waals surface area contributed by atoms with E-state index in [4.69, 9.17) is 21.1 Å². The van der Waals surface area contributed by atoms with Gasteiger partial charge in [0.2, 0.25) is 5.89 Å². The molecule has 1 N–H and O–H groups in total. The summed E-state index contributed by atoms with van der Waals surface area (Å²) in [6.45, 7) is 0. The number of carboxylic acids is 1. The second-order valence-corrected chi connectivity index (χ2v) is 6.07. The maximum atomic E-state index is 10.8. The van der Waals surface area contributed by atoms with Gasteiger partial charge in [-0.05, 0) is 51.8 Å². The van der Waals surface area contributed by atoms with Crippen LogP contribution in [0, 0.1) is 0 Å². The monoisotopic (exact) mass is 404 g/mol. The van der Waals surface area contributed by atoms with Crippen LogP contribution in [0.25, 0.3) is 22.6 Å². The van der Waals surface area contributed by atoms with E-state index in [1.54, 1.807) is 18.2 Å². The fourth-order valence-corrected chi connectivity index (χ4v) is 2.65. The molecule has 2 aromatic carbocycles. The highest BCUT2D eigenvalue weighted by molar-refractivity contribution is 9.10. The smallest absolute Gasteiger partial charge is 0.335 e. The second-order valence-electron chi connectivity index (χ2n) is 4.81. The standard InChI is InChI=1S/C17H10BrClN2O3/c18-13-4-2-1-3-12(13)15-20-21-16(24-15)14(19)9-10-5-7-11(8-6-10)17(22)23/h1-9H,(H,22,23)/b14-9-. The van der Waals surface area contributed by atoms with E-state index in [2.05, 4.69) is 26.1 Å². The zero-order valence-corrected chi connectivity index (χ0v) is 14.5. The van der Waals surface area contributed by atoms with Crippen molar-refractivity contribution in [1.29, 1.82) is 0 Å². The molecule has 0 fully saturated rings. The van der Waals surface area contributed by atoms with Gasteiger partial charge >= 0.3 is 5.97 Å². The zero-order valence-electron chi connectivity index (χ0n) is 12.1. The number of carbonyl (C=O) groups is 1. The average Bonchev–Trinajstić information content (AvgIpc) is 3.05. The summed E-state index contributed by atoms with van der Waals surface area (Å²) in [6, 6.07) is 13.8. The van der Waals surface area contributed by atoms with Crippen LogP contribution in [-0.2, 0) is 0 Å². The third-order valence-corrected chi connectivity index (χ3v) is 4.15. The van der Waals surface area contributed by atoms with Crippen molar-refractivity contribution in [1.82, 2.24) is 10.2 Å². The molecule has 0 bridgehead atoms. The van der Waals surface area contributed by atoms with Gasteiger partial charge in [-0.15, -0.1) is 10.2 Å². The van der Waals surface area contributed by atoms with Crippen molar-refractivity contribution in [2.24, 2.45) is 0 Å². The third-order valence-electron chi connectivity index (χ3n) is 3.18. The first-order chi connectivity index (χ1) is 11.5. The Balaban J connectivity index is 1.86. The first kappa shape index (κ1) is 16.4. The van der Waals surface area contributed by atoms with E-state index in [-0.39, 0.29) is 16.5 Å². The number of hydrogen-bond donors (Lipinski definition) is 1. The van der Waals surface area contributed by atoms with E-state index < -0.39 is 5.97 Å². The van der Waals surface area contributed by atoms with Gasteiger partial charge in [0.25, 0.3) is 5.89 Å². The molecule has 5 nitrogen and oxygen atoms in total. The molecule has 24 heavy (non-hydrogen) atoms. The maximum absolute atomic E-state index is 10.8. The van der Waals surface area contributed by atoms with Gasteiger partial charge in [-0.3, -0.25) is 0 Å². The molecule has 0 aliphatic carbocycles. The van der Waals surface area contributed by atoms with Gasteiger partial charge in [-0.25, -0.2) is 4.79 Å². The van der Waals surface area contributed by atoms with Crippen LogP contribution >= 0.6 is 27.5 Å². The summed E-state index contributed by atoms with van der Waals surface area (Å²) < 4.78 is 6.44. The van der Waals surface area contributed by atoms with Crippen molar-refractivity contribution in [3.63, 3.8) is 0 Å². The number of halogens is 2. The Morgan fingerprint density at radius 3 is 2.50 bits per heavy atom. The van der Waals surface area contributed by atoms with Crippen molar-refractivity contribution >= 4 is 44.6 Å². The molecule has 0 saturated heterocycles. The number of rotatable bonds is 4. The highest BCUT2D eigenvalue weighted by atomic mass is 79.9. The molecule has 3 aromatic rings. The summed E-state index contributed by atoms with van der Waals surface area (Å²) in [5.41, 5.74) is 1.70. The Hall–Kier alpha value is -2.44. The lowest BCUT2D eigenvalue weighted by molar-refractivity contribution is 0.0697. The highest BCUT2D eigenvalue weighted by Gasteiger charge is 2.13. The lowest BCUT2D eigenvalue weighted by Gasteiger charge is -1.98. The quantitative estimate of drug-likeness (QED) is 0.666. The zero-order chi connectivity index (χ0) is 17.1. The van der Waals surface area contributed by atoms with Crippen LogP contribution in [0.5, 0.6) is 0 Å². The number of benzene rings is 2. The molecule has 7 heteroatoms. The molecule has 120 valence electrons. The Bertz CT molecular complexity index is 920. The van der Waals surface area contributed by atoms with E-state index >= 15 is 0 Å². The van der Waals surface area contributed by atoms with Crippen LogP contribution < -0.4 is 0 Å². The molecule has 1 heterocycles. The molecule has 3 rings (SSSR count). The minimum atomic E-state index is -0.980. The van der Waals surface area contributed by atoms with Gasteiger partial charge in [-0.1, -0.05) is 35.9 Å². The molecule has 1 aromatic heterocycles. The number of hydrogen-bond acceptors (Lipinski definition) is 4. The predicted molar refractivity (Wildman–Crippen MR) is 94.6 cm³/mol. The van der Waals surface area contributed by atoms with Crippen LogP contribution in [-0.4, -0.2) is 21.3 Å². The van der Waals surface area contributed by atoms with Gasteiger partial charge in [-0.2, -0.15) is 0 Å². The SMILES string of the molecule is O=C(O)c1ccc(/C=C(\Cl)c2nnc(-c3ccccc3Br)o2)cc1. The van der Waals surface area contributed by atoms with E-state index in [0.29, 0.717) is 5.89 Å². The lowest BCUT2D eigenvalue weighted by Crippen LogP contribution is -1.94. The largest absolute Gasteiger partial charge is 0.478 e. The van der Waals surface area contributed by atoms with Crippen molar-refractivity contribution in [3.05, 3.63) is 70.0 Å². The first-order valence-electron chi connectivity index (χ1n) is 6.84. The van der Waals surface area contributed by atoms with Crippen LogP contribution in [0.4, 0.5) is 0 Å². The molecule has 0 aliphatic heterocycles. The van der Waals surface area contributed by atoms with Gasteiger partial charge in [0.05, 0.1) is 11.1 Å². The summed E-state index contributed by atoms with van der Waals surface area (Å²) in [6.07, 6.45) is 1.63. The molecule has 0 saturated carbocycles. The molecule has 0 aliphatic rings. The summed E-state index contributed by atoms with van der Waals surface area (Å²) >= 11 is 9.65. The van der Waals surface area contributed by atoms with E-state index in [1.807, 2.05) is 24.3 Å². The summed E-state index contributed by atoms with van der Waals surface area (Å²) in [7, 11) is 0.